The number of aliphatic hydroxyl groups excluding tert-OH is 1. The molecule has 1 heterocycles. The second kappa shape index (κ2) is 7.69. The molecule has 2 aromatic carbocycles. The quantitative estimate of drug-likeness (QED) is 0.884. The Morgan fingerprint density at radius 2 is 1.96 bits per heavy atom. The molecule has 0 saturated carbocycles. The van der Waals surface area contributed by atoms with Gasteiger partial charge in [0.2, 0.25) is 0 Å². The number of para-hydroxylation sites is 1. The SMILES string of the molecule is COc1cccc(C(O)CN2CCC(c3ccccc3OC)C2)c1. The number of ether oxygens (including phenoxy) is 2. The fourth-order valence-electron chi connectivity index (χ4n) is 3.45. The van der Waals surface area contributed by atoms with E-state index in [0.717, 1.165) is 36.6 Å². The second-order valence-corrected chi connectivity index (χ2v) is 6.28. The maximum absolute atomic E-state index is 10.5. The fourth-order valence-corrected chi connectivity index (χ4v) is 3.45. The van der Waals surface area contributed by atoms with Gasteiger partial charge in [-0.3, -0.25) is 4.90 Å². The largest absolute Gasteiger partial charge is 0.497 e. The van der Waals surface area contributed by atoms with Crippen LogP contribution < -0.4 is 9.47 Å². The Bertz CT molecular complexity index is 673. The van der Waals surface area contributed by atoms with Gasteiger partial charge < -0.3 is 14.6 Å². The van der Waals surface area contributed by atoms with Crippen LogP contribution in [0, 0.1) is 0 Å². The lowest BCUT2D eigenvalue weighted by atomic mass is 9.97. The summed E-state index contributed by atoms with van der Waals surface area (Å²) in [5.41, 5.74) is 2.16. The molecule has 1 aliphatic heterocycles. The van der Waals surface area contributed by atoms with Crippen LogP contribution in [0.4, 0.5) is 0 Å². The molecule has 2 unspecified atom stereocenters. The van der Waals surface area contributed by atoms with Gasteiger partial charge in [-0.2, -0.15) is 0 Å². The maximum Gasteiger partial charge on any atom is 0.122 e. The third-order valence-electron chi connectivity index (χ3n) is 4.76. The summed E-state index contributed by atoms with van der Waals surface area (Å²) in [6.07, 6.45) is 0.585. The molecule has 1 N–H and O–H groups in total. The zero-order valence-electron chi connectivity index (χ0n) is 14.3. The van der Waals surface area contributed by atoms with Gasteiger partial charge in [0.25, 0.3) is 0 Å². The molecule has 1 aliphatic rings. The van der Waals surface area contributed by atoms with E-state index in [2.05, 4.69) is 17.0 Å². The molecule has 128 valence electrons. The summed E-state index contributed by atoms with van der Waals surface area (Å²) in [4.78, 5) is 2.32. The number of methoxy groups -OCH3 is 2. The van der Waals surface area contributed by atoms with E-state index in [4.69, 9.17) is 9.47 Å². The molecule has 0 radical (unpaired) electrons. The summed E-state index contributed by atoms with van der Waals surface area (Å²) >= 11 is 0. The van der Waals surface area contributed by atoms with Crippen molar-refractivity contribution in [2.24, 2.45) is 0 Å². The normalized spacial score (nSPS) is 19.2. The van der Waals surface area contributed by atoms with Gasteiger partial charge in [0.05, 0.1) is 20.3 Å². The number of hydrogen-bond donors (Lipinski definition) is 1. The molecule has 0 aliphatic carbocycles. The Morgan fingerprint density at radius 3 is 2.75 bits per heavy atom. The van der Waals surface area contributed by atoms with Crippen molar-refractivity contribution in [3.8, 4) is 11.5 Å². The number of hydrogen-bond acceptors (Lipinski definition) is 4. The van der Waals surface area contributed by atoms with E-state index in [9.17, 15) is 5.11 Å². The summed E-state index contributed by atoms with van der Waals surface area (Å²) in [7, 11) is 3.36. The molecule has 1 fully saturated rings. The van der Waals surface area contributed by atoms with Crippen molar-refractivity contribution in [1.29, 1.82) is 0 Å². The van der Waals surface area contributed by atoms with E-state index >= 15 is 0 Å². The minimum absolute atomic E-state index is 0.457. The van der Waals surface area contributed by atoms with Gasteiger partial charge in [0, 0.05) is 19.0 Å². The topological polar surface area (TPSA) is 41.9 Å². The molecule has 24 heavy (non-hydrogen) atoms. The van der Waals surface area contributed by atoms with E-state index in [1.54, 1.807) is 14.2 Å². The van der Waals surface area contributed by atoms with Crippen LogP contribution >= 0.6 is 0 Å². The second-order valence-electron chi connectivity index (χ2n) is 6.28. The van der Waals surface area contributed by atoms with E-state index in [-0.39, 0.29) is 0 Å². The Balaban J connectivity index is 1.63. The molecule has 0 amide bonds. The standard InChI is InChI=1S/C20H25NO3/c1-23-17-7-5-6-15(12-17)19(22)14-21-11-10-16(13-21)18-8-3-4-9-20(18)24-2/h3-9,12,16,19,22H,10-11,13-14H2,1-2H3. The third kappa shape index (κ3) is 3.71. The summed E-state index contributed by atoms with van der Waals surface area (Å²) in [5.74, 6) is 2.19. The first kappa shape index (κ1) is 16.8. The van der Waals surface area contributed by atoms with Crippen molar-refractivity contribution in [3.05, 3.63) is 59.7 Å². The molecule has 0 bridgehead atoms. The highest BCUT2D eigenvalue weighted by atomic mass is 16.5. The zero-order chi connectivity index (χ0) is 16.9. The number of aliphatic hydroxyl groups is 1. The minimum Gasteiger partial charge on any atom is -0.497 e. The maximum atomic E-state index is 10.5. The van der Waals surface area contributed by atoms with E-state index in [1.807, 2.05) is 36.4 Å². The van der Waals surface area contributed by atoms with Gasteiger partial charge in [-0.1, -0.05) is 30.3 Å². The lowest BCUT2D eigenvalue weighted by Gasteiger charge is -2.21. The Labute approximate surface area is 143 Å². The Kier molecular flexibility index (Phi) is 5.38. The number of likely N-dealkylation sites (tertiary alicyclic amines) is 1. The van der Waals surface area contributed by atoms with E-state index in [0.29, 0.717) is 12.5 Å². The van der Waals surface area contributed by atoms with Crippen LogP contribution in [-0.2, 0) is 0 Å². The number of β-amino-alcohol motifs (C(OH)–C–C–N with tert-alkyl or cyclic N) is 1. The molecule has 4 nitrogen and oxygen atoms in total. The highest BCUT2D eigenvalue weighted by molar-refractivity contribution is 5.37. The van der Waals surface area contributed by atoms with Gasteiger partial charge in [-0.15, -0.1) is 0 Å². The molecule has 0 aromatic heterocycles. The van der Waals surface area contributed by atoms with Crippen molar-refractivity contribution in [3.63, 3.8) is 0 Å². The highest BCUT2D eigenvalue weighted by Crippen LogP contribution is 2.34. The summed E-state index contributed by atoms with van der Waals surface area (Å²) in [6, 6.07) is 15.9. The minimum atomic E-state index is -0.503. The number of rotatable bonds is 6. The van der Waals surface area contributed by atoms with Crippen LogP contribution in [0.5, 0.6) is 11.5 Å². The Morgan fingerprint density at radius 1 is 1.12 bits per heavy atom. The van der Waals surface area contributed by atoms with Crippen LogP contribution in [-0.4, -0.2) is 43.9 Å². The molecule has 2 aromatic rings. The fraction of sp³-hybridized carbons (Fsp3) is 0.400. The Hall–Kier alpha value is -2.04. The van der Waals surface area contributed by atoms with Gasteiger partial charge in [0.1, 0.15) is 11.5 Å². The highest BCUT2D eigenvalue weighted by Gasteiger charge is 2.27. The first-order valence-electron chi connectivity index (χ1n) is 8.38. The summed E-state index contributed by atoms with van der Waals surface area (Å²) in [5, 5.41) is 10.5. The molecule has 4 heteroatoms. The van der Waals surface area contributed by atoms with Crippen molar-refractivity contribution < 1.29 is 14.6 Å². The molecule has 3 rings (SSSR count). The van der Waals surface area contributed by atoms with Crippen molar-refractivity contribution >= 4 is 0 Å². The van der Waals surface area contributed by atoms with Gasteiger partial charge in [-0.05, 0) is 42.3 Å². The van der Waals surface area contributed by atoms with Crippen molar-refractivity contribution in [2.45, 2.75) is 18.4 Å². The van der Waals surface area contributed by atoms with Crippen LogP contribution in [0.25, 0.3) is 0 Å². The van der Waals surface area contributed by atoms with Gasteiger partial charge >= 0.3 is 0 Å². The van der Waals surface area contributed by atoms with E-state index < -0.39 is 6.10 Å². The van der Waals surface area contributed by atoms with Crippen LogP contribution in [0.2, 0.25) is 0 Å². The summed E-state index contributed by atoms with van der Waals surface area (Å²) < 4.78 is 10.7. The summed E-state index contributed by atoms with van der Waals surface area (Å²) in [6.45, 7) is 2.57. The molecule has 0 spiro atoms. The van der Waals surface area contributed by atoms with Gasteiger partial charge in [-0.25, -0.2) is 0 Å². The molecule has 2 atom stereocenters. The first-order chi connectivity index (χ1) is 11.7. The first-order valence-corrected chi connectivity index (χ1v) is 8.38. The zero-order valence-corrected chi connectivity index (χ0v) is 14.3. The average molecular weight is 327 g/mol. The predicted octanol–water partition coefficient (Wildman–Crippen LogP) is 3.23. The van der Waals surface area contributed by atoms with Crippen molar-refractivity contribution in [1.82, 2.24) is 4.90 Å². The third-order valence-corrected chi connectivity index (χ3v) is 4.76. The molecule has 1 saturated heterocycles. The number of benzene rings is 2. The smallest absolute Gasteiger partial charge is 0.122 e. The van der Waals surface area contributed by atoms with Crippen molar-refractivity contribution in [2.75, 3.05) is 33.9 Å². The van der Waals surface area contributed by atoms with Crippen LogP contribution in [0.3, 0.4) is 0 Å². The average Bonchev–Trinajstić information content (AvgIpc) is 3.10. The van der Waals surface area contributed by atoms with Crippen LogP contribution in [0.15, 0.2) is 48.5 Å². The monoisotopic (exact) mass is 327 g/mol. The predicted molar refractivity (Wildman–Crippen MR) is 94.7 cm³/mol. The van der Waals surface area contributed by atoms with Gasteiger partial charge in [0.15, 0.2) is 0 Å². The molecular weight excluding hydrogens is 302 g/mol. The van der Waals surface area contributed by atoms with E-state index in [1.165, 1.54) is 5.56 Å². The lowest BCUT2D eigenvalue weighted by molar-refractivity contribution is 0.125. The lowest BCUT2D eigenvalue weighted by Crippen LogP contribution is -2.26. The van der Waals surface area contributed by atoms with Crippen LogP contribution in [0.1, 0.15) is 29.6 Å². The molecular formula is C20H25NO3. The number of nitrogens with zero attached hydrogens (tertiary/aromatic N) is 1.